The SMILES string of the molecule is CCN(CC)C(CNCc1ccccc1Cl)c1ccc(C)cc1. The molecule has 0 aliphatic heterocycles. The molecule has 0 spiro atoms. The number of likely N-dealkylation sites (N-methyl/N-ethyl adjacent to an activating group) is 1. The third kappa shape index (κ3) is 5.07. The highest BCUT2D eigenvalue weighted by molar-refractivity contribution is 6.31. The van der Waals surface area contributed by atoms with E-state index < -0.39 is 0 Å². The van der Waals surface area contributed by atoms with Gasteiger partial charge in [-0.1, -0.05) is 73.5 Å². The summed E-state index contributed by atoms with van der Waals surface area (Å²) in [6.45, 7) is 10.4. The van der Waals surface area contributed by atoms with Crippen LogP contribution in [0, 0.1) is 6.92 Å². The van der Waals surface area contributed by atoms with E-state index in [1.165, 1.54) is 11.1 Å². The standard InChI is InChI=1S/C20H27ClN2/c1-4-23(5-2)20(17-12-10-16(3)11-13-17)15-22-14-18-8-6-7-9-19(18)21/h6-13,20,22H,4-5,14-15H2,1-3H3. The summed E-state index contributed by atoms with van der Waals surface area (Å²) in [5.74, 6) is 0. The number of halogens is 1. The highest BCUT2D eigenvalue weighted by atomic mass is 35.5. The molecule has 0 fully saturated rings. The van der Waals surface area contributed by atoms with Gasteiger partial charge < -0.3 is 5.32 Å². The van der Waals surface area contributed by atoms with Crippen molar-refractivity contribution in [2.24, 2.45) is 0 Å². The van der Waals surface area contributed by atoms with E-state index in [2.05, 4.69) is 61.3 Å². The Kier molecular flexibility index (Phi) is 7.10. The summed E-state index contributed by atoms with van der Waals surface area (Å²) in [6.07, 6.45) is 0. The van der Waals surface area contributed by atoms with Gasteiger partial charge in [0.25, 0.3) is 0 Å². The molecule has 2 nitrogen and oxygen atoms in total. The number of hydrogen-bond donors (Lipinski definition) is 1. The van der Waals surface area contributed by atoms with Gasteiger partial charge in [-0.25, -0.2) is 0 Å². The van der Waals surface area contributed by atoms with Crippen LogP contribution in [0.3, 0.4) is 0 Å². The molecule has 0 bridgehead atoms. The molecule has 1 atom stereocenters. The Morgan fingerprint density at radius 2 is 1.65 bits per heavy atom. The zero-order valence-corrected chi connectivity index (χ0v) is 15.1. The summed E-state index contributed by atoms with van der Waals surface area (Å²) in [7, 11) is 0. The molecule has 3 heteroatoms. The lowest BCUT2D eigenvalue weighted by Crippen LogP contribution is -2.35. The number of nitrogens with one attached hydrogen (secondary N) is 1. The number of rotatable bonds is 8. The maximum atomic E-state index is 6.24. The second-order valence-corrected chi connectivity index (χ2v) is 6.28. The predicted molar refractivity (Wildman–Crippen MR) is 100.0 cm³/mol. The number of nitrogens with zero attached hydrogens (tertiary/aromatic N) is 1. The van der Waals surface area contributed by atoms with Crippen LogP contribution in [0.15, 0.2) is 48.5 Å². The molecule has 2 rings (SSSR count). The van der Waals surface area contributed by atoms with Gasteiger partial charge in [-0.05, 0) is 37.2 Å². The molecule has 1 unspecified atom stereocenters. The van der Waals surface area contributed by atoms with E-state index >= 15 is 0 Å². The number of hydrogen-bond acceptors (Lipinski definition) is 2. The minimum Gasteiger partial charge on any atom is -0.311 e. The number of benzene rings is 2. The van der Waals surface area contributed by atoms with Crippen LogP contribution in [0.5, 0.6) is 0 Å². The Bertz CT molecular complexity index is 591. The fourth-order valence-electron chi connectivity index (χ4n) is 2.90. The van der Waals surface area contributed by atoms with E-state index in [4.69, 9.17) is 11.6 Å². The third-order valence-electron chi connectivity index (χ3n) is 4.33. The first-order valence-electron chi connectivity index (χ1n) is 8.40. The molecule has 0 aromatic heterocycles. The molecule has 0 radical (unpaired) electrons. The van der Waals surface area contributed by atoms with Crippen LogP contribution in [0.25, 0.3) is 0 Å². The smallest absolute Gasteiger partial charge is 0.0472 e. The summed E-state index contributed by atoms with van der Waals surface area (Å²) in [5, 5.41) is 4.41. The molecular formula is C20H27ClN2. The van der Waals surface area contributed by atoms with Gasteiger partial charge in [0.2, 0.25) is 0 Å². The van der Waals surface area contributed by atoms with Gasteiger partial charge in [0.05, 0.1) is 0 Å². The van der Waals surface area contributed by atoms with Crippen molar-refractivity contribution in [2.45, 2.75) is 33.4 Å². The molecule has 0 aliphatic carbocycles. The molecule has 0 saturated heterocycles. The second-order valence-electron chi connectivity index (χ2n) is 5.87. The Morgan fingerprint density at radius 1 is 1.00 bits per heavy atom. The first-order chi connectivity index (χ1) is 11.2. The van der Waals surface area contributed by atoms with E-state index in [9.17, 15) is 0 Å². The second kappa shape index (κ2) is 9.07. The Hall–Kier alpha value is -1.35. The van der Waals surface area contributed by atoms with Gasteiger partial charge in [-0.2, -0.15) is 0 Å². The summed E-state index contributed by atoms with van der Waals surface area (Å²) >= 11 is 6.24. The molecule has 0 heterocycles. The normalized spacial score (nSPS) is 12.6. The van der Waals surface area contributed by atoms with E-state index in [-0.39, 0.29) is 0 Å². The molecule has 124 valence electrons. The van der Waals surface area contributed by atoms with Gasteiger partial charge in [-0.15, -0.1) is 0 Å². The van der Waals surface area contributed by atoms with Crippen LogP contribution in [-0.4, -0.2) is 24.5 Å². The summed E-state index contributed by atoms with van der Waals surface area (Å²) < 4.78 is 0. The first kappa shape index (κ1) is 18.0. The first-order valence-corrected chi connectivity index (χ1v) is 8.78. The van der Waals surface area contributed by atoms with Crippen molar-refractivity contribution in [3.8, 4) is 0 Å². The van der Waals surface area contributed by atoms with Crippen molar-refractivity contribution in [1.29, 1.82) is 0 Å². The molecule has 1 N–H and O–H groups in total. The van der Waals surface area contributed by atoms with Crippen molar-refractivity contribution >= 4 is 11.6 Å². The summed E-state index contributed by atoms with van der Waals surface area (Å²) in [6, 6.07) is 17.3. The highest BCUT2D eigenvalue weighted by Gasteiger charge is 2.17. The van der Waals surface area contributed by atoms with Crippen LogP contribution in [0.2, 0.25) is 5.02 Å². The topological polar surface area (TPSA) is 15.3 Å². The average molecular weight is 331 g/mol. The minimum absolute atomic E-state index is 0.382. The lowest BCUT2D eigenvalue weighted by Gasteiger charge is -2.30. The van der Waals surface area contributed by atoms with Crippen LogP contribution < -0.4 is 5.32 Å². The Labute approximate surface area is 145 Å². The Morgan fingerprint density at radius 3 is 2.26 bits per heavy atom. The van der Waals surface area contributed by atoms with E-state index in [0.717, 1.165) is 36.8 Å². The van der Waals surface area contributed by atoms with E-state index in [0.29, 0.717) is 6.04 Å². The predicted octanol–water partition coefficient (Wildman–Crippen LogP) is 4.82. The lowest BCUT2D eigenvalue weighted by molar-refractivity contribution is 0.213. The average Bonchev–Trinajstić information content (AvgIpc) is 2.57. The lowest BCUT2D eigenvalue weighted by atomic mass is 10.0. The molecule has 2 aromatic carbocycles. The van der Waals surface area contributed by atoms with Crippen LogP contribution in [-0.2, 0) is 6.54 Å². The monoisotopic (exact) mass is 330 g/mol. The maximum Gasteiger partial charge on any atom is 0.0472 e. The van der Waals surface area contributed by atoms with Crippen LogP contribution >= 0.6 is 11.6 Å². The molecular weight excluding hydrogens is 304 g/mol. The van der Waals surface area contributed by atoms with Crippen molar-refractivity contribution < 1.29 is 0 Å². The quantitative estimate of drug-likeness (QED) is 0.746. The minimum atomic E-state index is 0.382. The van der Waals surface area contributed by atoms with Gasteiger partial charge in [0.1, 0.15) is 0 Å². The van der Waals surface area contributed by atoms with E-state index in [1.54, 1.807) is 0 Å². The largest absolute Gasteiger partial charge is 0.311 e. The van der Waals surface area contributed by atoms with Gasteiger partial charge in [-0.3, -0.25) is 4.90 Å². The third-order valence-corrected chi connectivity index (χ3v) is 4.69. The zero-order valence-electron chi connectivity index (χ0n) is 14.3. The molecule has 0 amide bonds. The summed E-state index contributed by atoms with van der Waals surface area (Å²) in [4.78, 5) is 2.49. The van der Waals surface area contributed by atoms with Crippen molar-refractivity contribution in [1.82, 2.24) is 10.2 Å². The van der Waals surface area contributed by atoms with Crippen LogP contribution in [0.4, 0.5) is 0 Å². The zero-order chi connectivity index (χ0) is 16.7. The molecule has 2 aromatic rings. The van der Waals surface area contributed by atoms with Crippen LogP contribution in [0.1, 0.15) is 36.6 Å². The van der Waals surface area contributed by atoms with Crippen molar-refractivity contribution in [3.05, 3.63) is 70.2 Å². The molecule has 0 saturated carbocycles. The summed E-state index contributed by atoms with van der Waals surface area (Å²) in [5.41, 5.74) is 3.82. The van der Waals surface area contributed by atoms with Gasteiger partial charge >= 0.3 is 0 Å². The fraction of sp³-hybridized carbons (Fsp3) is 0.400. The molecule has 0 aliphatic rings. The maximum absolute atomic E-state index is 6.24. The Balaban J connectivity index is 2.06. The van der Waals surface area contributed by atoms with Gasteiger partial charge in [0, 0.05) is 24.2 Å². The number of aryl methyl sites for hydroxylation is 1. The molecule has 23 heavy (non-hydrogen) atoms. The van der Waals surface area contributed by atoms with E-state index in [1.807, 2.05) is 18.2 Å². The fourth-order valence-corrected chi connectivity index (χ4v) is 3.10. The van der Waals surface area contributed by atoms with Gasteiger partial charge in [0.15, 0.2) is 0 Å². The van der Waals surface area contributed by atoms with Crippen molar-refractivity contribution in [2.75, 3.05) is 19.6 Å². The highest BCUT2D eigenvalue weighted by Crippen LogP contribution is 2.21. The van der Waals surface area contributed by atoms with Crippen molar-refractivity contribution in [3.63, 3.8) is 0 Å².